The fourth-order valence-electron chi connectivity index (χ4n) is 3.21. The van der Waals surface area contributed by atoms with Crippen LogP contribution in [0.2, 0.25) is 0 Å². The van der Waals surface area contributed by atoms with Gasteiger partial charge >= 0.3 is 0 Å². The van der Waals surface area contributed by atoms with Gasteiger partial charge in [-0.25, -0.2) is 4.99 Å². The SMILES string of the molecule is COC1=C[C@@]2(CC(N)=[NH+]C2=Cc2cc(OC)c(OC)cc2Br)C(Br)=CC1=O. The predicted octanol–water partition coefficient (Wildman–Crippen LogP) is 2.03. The number of methoxy groups -OCH3 is 3. The third kappa shape index (κ3) is 3.43. The zero-order valence-corrected chi connectivity index (χ0v) is 18.2. The van der Waals surface area contributed by atoms with Crippen LogP contribution in [0.4, 0.5) is 0 Å². The number of rotatable bonds is 4. The zero-order chi connectivity index (χ0) is 19.8. The van der Waals surface area contributed by atoms with E-state index in [1.165, 1.54) is 13.2 Å². The molecule has 0 saturated heterocycles. The molecular formula is C19H19Br2N2O4+. The monoisotopic (exact) mass is 497 g/mol. The molecule has 2 aliphatic rings. The number of ketones is 1. The summed E-state index contributed by atoms with van der Waals surface area (Å²) in [4.78, 5) is 15.3. The van der Waals surface area contributed by atoms with Crippen molar-refractivity contribution in [1.82, 2.24) is 0 Å². The first-order valence-corrected chi connectivity index (χ1v) is 9.64. The minimum Gasteiger partial charge on any atom is -0.493 e. The van der Waals surface area contributed by atoms with Crippen LogP contribution in [-0.4, -0.2) is 32.9 Å². The number of nitrogens with two attached hydrogens (primary N) is 1. The van der Waals surface area contributed by atoms with Crippen molar-refractivity contribution >= 4 is 49.6 Å². The second-order valence-electron chi connectivity index (χ2n) is 6.15. The van der Waals surface area contributed by atoms with Crippen molar-refractivity contribution in [3.63, 3.8) is 0 Å². The lowest BCUT2D eigenvalue weighted by molar-refractivity contribution is -0.397. The molecule has 0 fully saturated rings. The molecule has 1 aromatic carbocycles. The highest BCUT2D eigenvalue weighted by Crippen LogP contribution is 2.47. The van der Waals surface area contributed by atoms with Crippen LogP contribution in [-0.2, 0) is 9.53 Å². The second-order valence-corrected chi connectivity index (χ2v) is 7.86. The highest BCUT2D eigenvalue weighted by atomic mass is 79.9. The standard InChI is InChI=1S/C19H18Br2N2O4/c1-25-13-4-10(11(20)6-14(13)26-2)5-17-19(9-18(22)23-17)8-15(27-3)12(24)7-16(19)21/h4-8H,9H2,1-3H3,(H2,22,23)/p+1/t19-/m1/s1. The highest BCUT2D eigenvalue weighted by Gasteiger charge is 2.47. The molecule has 3 rings (SSSR count). The highest BCUT2D eigenvalue weighted by molar-refractivity contribution is 9.11. The number of benzene rings is 1. The number of hydrogen-bond acceptors (Lipinski definition) is 5. The van der Waals surface area contributed by atoms with Gasteiger partial charge in [-0.2, -0.15) is 0 Å². The molecule has 8 heteroatoms. The van der Waals surface area contributed by atoms with Gasteiger partial charge in [-0.15, -0.1) is 0 Å². The van der Waals surface area contributed by atoms with Crippen LogP contribution in [0.1, 0.15) is 12.0 Å². The van der Waals surface area contributed by atoms with Gasteiger partial charge in [0.05, 0.1) is 33.2 Å². The Morgan fingerprint density at radius 2 is 1.81 bits per heavy atom. The van der Waals surface area contributed by atoms with E-state index in [0.29, 0.717) is 23.8 Å². The maximum atomic E-state index is 12.1. The number of amidine groups is 1. The number of carbonyl (C=O) groups excluding carboxylic acids is 1. The Morgan fingerprint density at radius 3 is 2.44 bits per heavy atom. The summed E-state index contributed by atoms with van der Waals surface area (Å²) in [6.45, 7) is 0. The number of nitrogens with one attached hydrogen (secondary N) is 1. The van der Waals surface area contributed by atoms with Crippen molar-refractivity contribution in [2.75, 3.05) is 21.3 Å². The van der Waals surface area contributed by atoms with Gasteiger partial charge in [-0.05, 0) is 29.8 Å². The number of hydrogen-bond donors (Lipinski definition) is 2. The summed E-state index contributed by atoms with van der Waals surface area (Å²) in [7, 11) is 4.65. The van der Waals surface area contributed by atoms with Gasteiger partial charge in [0.1, 0.15) is 5.70 Å². The van der Waals surface area contributed by atoms with E-state index in [2.05, 4.69) is 36.9 Å². The van der Waals surface area contributed by atoms with Crippen molar-refractivity contribution in [2.45, 2.75) is 6.42 Å². The molecule has 1 atom stereocenters. The quantitative estimate of drug-likeness (QED) is 0.663. The summed E-state index contributed by atoms with van der Waals surface area (Å²) in [6.07, 6.45) is 5.78. The largest absolute Gasteiger partial charge is 0.493 e. The lowest BCUT2D eigenvalue weighted by Crippen LogP contribution is -2.70. The van der Waals surface area contributed by atoms with Gasteiger partial charge < -0.3 is 14.2 Å². The maximum Gasteiger partial charge on any atom is 0.246 e. The van der Waals surface area contributed by atoms with Crippen molar-refractivity contribution in [1.29, 1.82) is 0 Å². The first-order valence-electron chi connectivity index (χ1n) is 8.05. The zero-order valence-electron chi connectivity index (χ0n) is 15.1. The lowest BCUT2D eigenvalue weighted by Gasteiger charge is -2.27. The number of halogens is 2. The van der Waals surface area contributed by atoms with E-state index in [4.69, 9.17) is 19.9 Å². The molecule has 0 radical (unpaired) electrons. The normalized spacial score (nSPS) is 23.2. The van der Waals surface area contributed by atoms with E-state index >= 15 is 0 Å². The van der Waals surface area contributed by atoms with Crippen molar-refractivity contribution in [3.8, 4) is 11.5 Å². The fraction of sp³-hybridized carbons (Fsp3) is 0.263. The Hall–Kier alpha value is -2.06. The molecular weight excluding hydrogens is 480 g/mol. The van der Waals surface area contributed by atoms with E-state index in [-0.39, 0.29) is 11.5 Å². The van der Waals surface area contributed by atoms with E-state index < -0.39 is 5.41 Å². The van der Waals surface area contributed by atoms with Gasteiger partial charge in [0.15, 0.2) is 17.3 Å². The van der Waals surface area contributed by atoms with E-state index in [1.54, 1.807) is 20.3 Å². The van der Waals surface area contributed by atoms with Crippen LogP contribution < -0.4 is 20.2 Å². The predicted molar refractivity (Wildman–Crippen MR) is 110 cm³/mol. The van der Waals surface area contributed by atoms with Gasteiger partial charge in [0, 0.05) is 15.0 Å². The summed E-state index contributed by atoms with van der Waals surface area (Å²) < 4.78 is 17.5. The molecule has 0 unspecified atom stereocenters. The average Bonchev–Trinajstić information content (AvgIpc) is 2.95. The van der Waals surface area contributed by atoms with Gasteiger partial charge in [0.2, 0.25) is 11.6 Å². The van der Waals surface area contributed by atoms with Crippen LogP contribution in [0.25, 0.3) is 6.08 Å². The maximum absolute atomic E-state index is 12.1. The van der Waals surface area contributed by atoms with Crippen molar-refractivity contribution in [3.05, 3.63) is 50.3 Å². The molecule has 1 aliphatic heterocycles. The summed E-state index contributed by atoms with van der Waals surface area (Å²) >= 11 is 7.12. The first kappa shape index (κ1) is 19.7. The lowest BCUT2D eigenvalue weighted by atomic mass is 9.78. The Balaban J connectivity index is 2.16. The Bertz CT molecular complexity index is 934. The number of allylic oxidation sites excluding steroid dienone is 2. The van der Waals surface area contributed by atoms with Gasteiger partial charge in [-0.1, -0.05) is 31.9 Å². The van der Waals surface area contributed by atoms with Crippen LogP contribution >= 0.6 is 31.9 Å². The molecule has 27 heavy (non-hydrogen) atoms. The summed E-state index contributed by atoms with van der Waals surface area (Å²) in [5.74, 6) is 1.93. The Kier molecular flexibility index (Phi) is 5.48. The molecule has 0 saturated carbocycles. The average molecular weight is 499 g/mol. The van der Waals surface area contributed by atoms with Crippen LogP contribution in [0.3, 0.4) is 0 Å². The topological polar surface area (TPSA) is 84.8 Å². The summed E-state index contributed by atoms with van der Waals surface area (Å²) in [5.41, 5.74) is 7.17. The molecule has 0 amide bonds. The molecule has 1 aromatic rings. The van der Waals surface area contributed by atoms with E-state index in [9.17, 15) is 4.79 Å². The number of ether oxygens (including phenoxy) is 3. The van der Waals surface area contributed by atoms with Crippen LogP contribution in [0, 0.1) is 5.41 Å². The first-order chi connectivity index (χ1) is 12.8. The smallest absolute Gasteiger partial charge is 0.246 e. The molecule has 142 valence electrons. The summed E-state index contributed by atoms with van der Waals surface area (Å²) in [6, 6.07) is 3.71. The molecule has 3 N–H and O–H groups in total. The third-order valence-electron chi connectivity index (χ3n) is 4.57. The van der Waals surface area contributed by atoms with Crippen molar-refractivity contribution < 1.29 is 24.0 Å². The summed E-state index contributed by atoms with van der Waals surface area (Å²) in [5, 5.41) is 0. The molecule has 6 nitrogen and oxygen atoms in total. The molecule has 1 spiro atoms. The minimum absolute atomic E-state index is 0.188. The third-order valence-corrected chi connectivity index (χ3v) is 6.20. The fourth-order valence-corrected chi connectivity index (χ4v) is 4.32. The van der Waals surface area contributed by atoms with Gasteiger partial charge in [0.25, 0.3) is 0 Å². The van der Waals surface area contributed by atoms with Crippen LogP contribution in [0.5, 0.6) is 11.5 Å². The molecule has 0 bridgehead atoms. The van der Waals surface area contributed by atoms with Gasteiger partial charge in [-0.3, -0.25) is 10.5 Å². The molecule has 0 aromatic heterocycles. The minimum atomic E-state index is -0.629. The second kappa shape index (κ2) is 7.52. The Morgan fingerprint density at radius 1 is 1.15 bits per heavy atom. The molecule has 1 heterocycles. The van der Waals surface area contributed by atoms with E-state index in [1.807, 2.05) is 18.2 Å². The van der Waals surface area contributed by atoms with Crippen LogP contribution in [0.15, 0.2) is 44.7 Å². The number of carbonyl (C=O) groups is 1. The van der Waals surface area contributed by atoms with Crippen molar-refractivity contribution in [2.24, 2.45) is 11.1 Å². The Labute approximate surface area is 174 Å². The molecule has 1 aliphatic carbocycles. The van der Waals surface area contributed by atoms with E-state index in [0.717, 1.165) is 20.2 Å².